The number of carbonyl (C=O) groups excluding carboxylic acids is 1. The number of carboxylic acids is 1. The van der Waals surface area contributed by atoms with E-state index in [2.05, 4.69) is 40.5 Å². The number of nitrogens with zero attached hydrogens (tertiary/aromatic N) is 3. The van der Waals surface area contributed by atoms with Gasteiger partial charge in [0, 0.05) is 48.9 Å². The zero-order chi connectivity index (χ0) is 21.7. The molecule has 1 fully saturated rings. The summed E-state index contributed by atoms with van der Waals surface area (Å²) >= 11 is 1.63. The predicted molar refractivity (Wildman–Crippen MR) is 118 cm³/mol. The minimum atomic E-state index is -1.07. The molecule has 0 spiro atoms. The first-order valence-electron chi connectivity index (χ1n) is 10.0. The molecule has 3 rings (SSSR count). The molecule has 0 unspecified atom stereocenters. The number of nitrogens with one attached hydrogen (secondary N) is 1. The highest BCUT2D eigenvalue weighted by atomic mass is 32.1. The number of hydrogen-bond acceptors (Lipinski definition) is 6. The Balaban J connectivity index is 1.84. The van der Waals surface area contributed by atoms with Crippen LogP contribution in [0.1, 0.15) is 40.8 Å². The average molecular weight is 429 g/mol. The monoisotopic (exact) mass is 428 g/mol. The molecule has 1 aromatic carbocycles. The maximum atomic E-state index is 12.1. The van der Waals surface area contributed by atoms with Crippen molar-refractivity contribution in [1.82, 2.24) is 20.1 Å². The van der Waals surface area contributed by atoms with Crippen molar-refractivity contribution < 1.29 is 14.7 Å². The predicted octanol–water partition coefficient (Wildman–Crippen LogP) is 2.63. The van der Waals surface area contributed by atoms with Crippen molar-refractivity contribution in [3.63, 3.8) is 0 Å². The van der Waals surface area contributed by atoms with E-state index in [0.29, 0.717) is 17.6 Å². The first-order valence-corrected chi connectivity index (χ1v) is 10.9. The molecule has 30 heavy (non-hydrogen) atoms. The van der Waals surface area contributed by atoms with Gasteiger partial charge in [-0.3, -0.25) is 19.4 Å². The van der Waals surface area contributed by atoms with E-state index in [0.717, 1.165) is 30.2 Å². The number of aromatic nitrogens is 1. The smallest absolute Gasteiger partial charge is 0.322 e. The Bertz CT molecular complexity index is 869. The van der Waals surface area contributed by atoms with Gasteiger partial charge in [-0.25, -0.2) is 4.98 Å². The quantitative estimate of drug-likeness (QED) is 0.629. The standard InChI is InChI=1S/C22H28N4O3S/c1-4-10-25-13-16(3)26(14-15(25)2)20(22-23-9-11-30-22)17-5-7-18(8-6-17)21(29)24-12-19(27)28/h4-9,11,15-16,20H,1,10,12-14H2,2-3H3,(H,24,29)(H,27,28)/t15-,16+,20+/m1/s1. The van der Waals surface area contributed by atoms with Crippen LogP contribution in [0.4, 0.5) is 0 Å². The van der Waals surface area contributed by atoms with Gasteiger partial charge in [0.2, 0.25) is 0 Å². The molecule has 160 valence electrons. The van der Waals surface area contributed by atoms with Crippen LogP contribution in [-0.2, 0) is 4.79 Å². The second-order valence-electron chi connectivity index (χ2n) is 7.61. The van der Waals surface area contributed by atoms with Crippen LogP contribution in [-0.4, -0.2) is 70.0 Å². The Labute approximate surface area is 181 Å². The van der Waals surface area contributed by atoms with E-state index in [4.69, 9.17) is 5.11 Å². The van der Waals surface area contributed by atoms with Crippen LogP contribution >= 0.6 is 11.3 Å². The molecule has 1 aliphatic rings. The highest BCUT2D eigenvalue weighted by Gasteiger charge is 2.35. The largest absolute Gasteiger partial charge is 0.480 e. The average Bonchev–Trinajstić information content (AvgIpc) is 3.25. The summed E-state index contributed by atoms with van der Waals surface area (Å²) in [5, 5.41) is 14.1. The van der Waals surface area contributed by atoms with Gasteiger partial charge in [-0.1, -0.05) is 18.2 Å². The first-order chi connectivity index (χ1) is 14.4. The lowest BCUT2D eigenvalue weighted by Gasteiger charge is -2.46. The lowest BCUT2D eigenvalue weighted by atomic mass is 9.98. The van der Waals surface area contributed by atoms with Crippen LogP contribution in [0.25, 0.3) is 0 Å². The van der Waals surface area contributed by atoms with Crippen molar-refractivity contribution in [2.24, 2.45) is 0 Å². The van der Waals surface area contributed by atoms with Gasteiger partial charge in [-0.15, -0.1) is 17.9 Å². The fraction of sp³-hybridized carbons (Fsp3) is 0.409. The third-order valence-electron chi connectivity index (χ3n) is 5.43. The van der Waals surface area contributed by atoms with Crippen LogP contribution in [0, 0.1) is 0 Å². The number of amides is 1. The van der Waals surface area contributed by atoms with Gasteiger partial charge in [0.05, 0.1) is 6.04 Å². The second kappa shape index (κ2) is 9.97. The summed E-state index contributed by atoms with van der Waals surface area (Å²) in [6.45, 7) is 10.7. The molecular weight excluding hydrogens is 400 g/mol. The molecule has 0 radical (unpaired) electrons. The summed E-state index contributed by atoms with van der Waals surface area (Å²) in [4.78, 5) is 32.3. The number of aliphatic carboxylic acids is 1. The highest BCUT2D eigenvalue weighted by molar-refractivity contribution is 7.09. The van der Waals surface area contributed by atoms with Gasteiger partial charge in [-0.05, 0) is 31.5 Å². The minimum Gasteiger partial charge on any atom is -0.480 e. The number of benzene rings is 1. The molecule has 7 nitrogen and oxygen atoms in total. The summed E-state index contributed by atoms with van der Waals surface area (Å²) in [7, 11) is 0. The molecule has 0 aliphatic carbocycles. The van der Waals surface area contributed by atoms with Crippen LogP contribution in [0.2, 0.25) is 0 Å². The van der Waals surface area contributed by atoms with Crippen molar-refractivity contribution in [2.75, 3.05) is 26.2 Å². The number of carbonyl (C=O) groups is 2. The number of piperazine rings is 1. The van der Waals surface area contributed by atoms with Crippen molar-refractivity contribution in [3.05, 3.63) is 64.6 Å². The Morgan fingerprint density at radius 2 is 2.03 bits per heavy atom. The maximum absolute atomic E-state index is 12.1. The minimum absolute atomic E-state index is 0.00413. The number of carboxylic acid groups (broad SMARTS) is 1. The van der Waals surface area contributed by atoms with Crippen LogP contribution in [0.5, 0.6) is 0 Å². The zero-order valence-corrected chi connectivity index (χ0v) is 18.1. The summed E-state index contributed by atoms with van der Waals surface area (Å²) in [6, 6.07) is 8.09. The molecule has 1 aromatic heterocycles. The number of thiazole rings is 1. The van der Waals surface area contributed by atoms with Crippen LogP contribution < -0.4 is 5.32 Å². The molecule has 0 saturated carbocycles. The van der Waals surface area contributed by atoms with E-state index < -0.39 is 18.4 Å². The lowest BCUT2D eigenvalue weighted by molar-refractivity contribution is -0.135. The normalized spacial score (nSPS) is 21.1. The summed E-state index contributed by atoms with van der Waals surface area (Å²) in [5.74, 6) is -1.46. The van der Waals surface area contributed by atoms with Crippen molar-refractivity contribution >= 4 is 23.2 Å². The molecule has 2 N–H and O–H groups in total. The van der Waals surface area contributed by atoms with E-state index in [9.17, 15) is 9.59 Å². The first kappa shape index (κ1) is 22.1. The van der Waals surface area contributed by atoms with E-state index in [1.807, 2.05) is 29.8 Å². The van der Waals surface area contributed by atoms with Gasteiger partial charge < -0.3 is 10.4 Å². The Hall–Kier alpha value is -2.55. The van der Waals surface area contributed by atoms with Crippen molar-refractivity contribution in [1.29, 1.82) is 0 Å². The fourth-order valence-electron chi connectivity index (χ4n) is 3.93. The lowest BCUT2D eigenvalue weighted by Crippen LogP contribution is -2.57. The van der Waals surface area contributed by atoms with Gasteiger partial charge in [-0.2, -0.15) is 0 Å². The van der Waals surface area contributed by atoms with E-state index in [1.54, 1.807) is 23.5 Å². The molecule has 2 heterocycles. The Morgan fingerprint density at radius 3 is 2.63 bits per heavy atom. The Kier molecular flexibility index (Phi) is 7.36. The van der Waals surface area contributed by atoms with E-state index in [-0.39, 0.29) is 6.04 Å². The molecular formula is C22H28N4O3S. The van der Waals surface area contributed by atoms with Crippen molar-refractivity contribution in [3.8, 4) is 0 Å². The Morgan fingerprint density at radius 1 is 1.30 bits per heavy atom. The van der Waals surface area contributed by atoms with Gasteiger partial charge in [0.25, 0.3) is 5.91 Å². The fourth-order valence-corrected chi connectivity index (χ4v) is 4.71. The number of rotatable bonds is 8. The molecule has 1 aliphatic heterocycles. The molecule has 2 aromatic rings. The zero-order valence-electron chi connectivity index (χ0n) is 17.3. The van der Waals surface area contributed by atoms with Crippen molar-refractivity contribution in [2.45, 2.75) is 32.0 Å². The van der Waals surface area contributed by atoms with E-state index >= 15 is 0 Å². The summed E-state index contributed by atoms with van der Waals surface area (Å²) in [6.07, 6.45) is 3.77. The van der Waals surface area contributed by atoms with Gasteiger partial charge >= 0.3 is 5.97 Å². The van der Waals surface area contributed by atoms with Crippen LogP contribution in [0.15, 0.2) is 48.5 Å². The molecule has 8 heteroatoms. The van der Waals surface area contributed by atoms with Crippen LogP contribution in [0.3, 0.4) is 0 Å². The second-order valence-corrected chi connectivity index (χ2v) is 8.53. The highest BCUT2D eigenvalue weighted by Crippen LogP contribution is 2.34. The third kappa shape index (κ3) is 5.13. The topological polar surface area (TPSA) is 85.8 Å². The summed E-state index contributed by atoms with van der Waals surface area (Å²) < 4.78 is 0. The maximum Gasteiger partial charge on any atom is 0.322 e. The molecule has 1 amide bonds. The number of hydrogen-bond donors (Lipinski definition) is 2. The van der Waals surface area contributed by atoms with Gasteiger partial charge in [0.1, 0.15) is 11.6 Å². The molecule has 0 bridgehead atoms. The van der Waals surface area contributed by atoms with E-state index in [1.165, 1.54) is 0 Å². The molecule has 1 saturated heterocycles. The third-order valence-corrected chi connectivity index (χ3v) is 6.26. The molecule has 3 atom stereocenters. The SMILES string of the molecule is C=CCN1C[C@H](C)N([C@@H](c2ccc(C(=O)NCC(=O)O)cc2)c2nccs2)C[C@H]1C. The van der Waals surface area contributed by atoms with Gasteiger partial charge in [0.15, 0.2) is 0 Å². The summed E-state index contributed by atoms with van der Waals surface area (Å²) in [5.41, 5.74) is 1.51.